The summed E-state index contributed by atoms with van der Waals surface area (Å²) < 4.78 is 16.0. The Bertz CT molecular complexity index is 437. The van der Waals surface area contributed by atoms with Gasteiger partial charge in [-0.1, -0.05) is 19.3 Å². The molecule has 5 nitrogen and oxygen atoms in total. The molecular weight excluding hydrogens is 270 g/mol. The number of hydrogen-bond acceptors (Lipinski definition) is 5. The molecule has 1 heterocycles. The molecule has 0 aliphatic heterocycles. The van der Waals surface area contributed by atoms with Crippen LogP contribution in [0.25, 0.3) is 0 Å². The van der Waals surface area contributed by atoms with E-state index in [-0.39, 0.29) is 11.8 Å². The molecule has 118 valence electrons. The molecule has 0 saturated heterocycles. The highest BCUT2D eigenvalue weighted by atomic mass is 16.5. The second kappa shape index (κ2) is 8.20. The standard InChI is InChI=1S/C16H25NO4/c1-12(14-8-9-15(21-14)16(18)19-2)17-10-11-20-13-6-4-3-5-7-13/h8-9,12-13,17H,3-7,10-11H2,1-2H3. The van der Waals surface area contributed by atoms with E-state index in [1.165, 1.54) is 39.2 Å². The molecule has 1 aromatic heterocycles. The maximum atomic E-state index is 11.3. The number of esters is 1. The summed E-state index contributed by atoms with van der Waals surface area (Å²) >= 11 is 0. The van der Waals surface area contributed by atoms with Gasteiger partial charge in [0.2, 0.25) is 5.76 Å². The van der Waals surface area contributed by atoms with E-state index in [0.717, 1.165) is 12.3 Å². The fourth-order valence-electron chi connectivity index (χ4n) is 2.63. The summed E-state index contributed by atoms with van der Waals surface area (Å²) in [6, 6.07) is 3.47. The van der Waals surface area contributed by atoms with E-state index in [1.54, 1.807) is 12.1 Å². The zero-order chi connectivity index (χ0) is 15.1. The normalized spacial score (nSPS) is 17.6. The van der Waals surface area contributed by atoms with E-state index in [0.29, 0.717) is 12.7 Å². The molecule has 1 atom stereocenters. The molecular formula is C16H25NO4. The van der Waals surface area contributed by atoms with Crippen LogP contribution in [0.15, 0.2) is 16.5 Å². The van der Waals surface area contributed by atoms with Gasteiger partial charge in [-0.2, -0.15) is 0 Å². The minimum atomic E-state index is -0.450. The van der Waals surface area contributed by atoms with Crippen LogP contribution in [0.5, 0.6) is 0 Å². The Morgan fingerprint density at radius 1 is 1.38 bits per heavy atom. The van der Waals surface area contributed by atoms with Crippen LogP contribution in [-0.2, 0) is 9.47 Å². The lowest BCUT2D eigenvalue weighted by atomic mass is 9.98. The van der Waals surface area contributed by atoms with Gasteiger partial charge in [0.25, 0.3) is 0 Å². The van der Waals surface area contributed by atoms with Gasteiger partial charge in [0.1, 0.15) is 5.76 Å². The van der Waals surface area contributed by atoms with Crippen LogP contribution < -0.4 is 5.32 Å². The summed E-state index contributed by atoms with van der Waals surface area (Å²) in [6.45, 7) is 3.48. The van der Waals surface area contributed by atoms with Crippen molar-refractivity contribution in [2.75, 3.05) is 20.3 Å². The summed E-state index contributed by atoms with van der Waals surface area (Å²) in [4.78, 5) is 11.3. The van der Waals surface area contributed by atoms with E-state index >= 15 is 0 Å². The van der Waals surface area contributed by atoms with Crippen LogP contribution in [0.4, 0.5) is 0 Å². The number of furan rings is 1. The monoisotopic (exact) mass is 295 g/mol. The molecule has 0 radical (unpaired) electrons. The quantitative estimate of drug-likeness (QED) is 0.619. The lowest BCUT2D eigenvalue weighted by molar-refractivity contribution is 0.0293. The largest absolute Gasteiger partial charge is 0.463 e. The van der Waals surface area contributed by atoms with Crippen LogP contribution in [0.3, 0.4) is 0 Å². The third-order valence-corrected chi connectivity index (χ3v) is 3.90. The Kier molecular flexibility index (Phi) is 6.26. The molecule has 1 saturated carbocycles. The van der Waals surface area contributed by atoms with Crippen molar-refractivity contribution in [3.05, 3.63) is 23.7 Å². The average Bonchev–Trinajstić information content (AvgIpc) is 3.01. The Hall–Kier alpha value is -1.33. The first-order valence-electron chi connectivity index (χ1n) is 7.73. The molecule has 1 N–H and O–H groups in total. The predicted octanol–water partition coefficient (Wildman–Crippen LogP) is 3.07. The number of ether oxygens (including phenoxy) is 2. The van der Waals surface area contributed by atoms with Gasteiger partial charge in [0.15, 0.2) is 0 Å². The summed E-state index contributed by atoms with van der Waals surface area (Å²) in [5, 5.41) is 3.34. The molecule has 1 aliphatic rings. The van der Waals surface area contributed by atoms with Gasteiger partial charge in [0.05, 0.1) is 25.9 Å². The van der Waals surface area contributed by atoms with Crippen molar-refractivity contribution < 1.29 is 18.7 Å². The zero-order valence-electron chi connectivity index (χ0n) is 12.9. The Morgan fingerprint density at radius 2 is 2.14 bits per heavy atom. The van der Waals surface area contributed by atoms with Crippen LogP contribution in [-0.4, -0.2) is 32.3 Å². The highest BCUT2D eigenvalue weighted by Crippen LogP contribution is 2.20. The second-order valence-electron chi connectivity index (χ2n) is 5.50. The minimum absolute atomic E-state index is 0.0401. The van der Waals surface area contributed by atoms with Gasteiger partial charge in [-0.3, -0.25) is 0 Å². The molecule has 0 aromatic carbocycles. The van der Waals surface area contributed by atoms with E-state index in [1.807, 2.05) is 6.92 Å². The summed E-state index contributed by atoms with van der Waals surface area (Å²) in [5.41, 5.74) is 0. The van der Waals surface area contributed by atoms with Crippen LogP contribution in [0, 0.1) is 0 Å². The minimum Gasteiger partial charge on any atom is -0.463 e. The van der Waals surface area contributed by atoms with Crippen LogP contribution in [0.1, 0.15) is 61.4 Å². The van der Waals surface area contributed by atoms with Crippen molar-refractivity contribution in [2.24, 2.45) is 0 Å². The van der Waals surface area contributed by atoms with Crippen molar-refractivity contribution in [3.63, 3.8) is 0 Å². The molecule has 1 aliphatic carbocycles. The van der Waals surface area contributed by atoms with Crippen LogP contribution >= 0.6 is 0 Å². The second-order valence-corrected chi connectivity index (χ2v) is 5.50. The van der Waals surface area contributed by atoms with Crippen molar-refractivity contribution in [3.8, 4) is 0 Å². The highest BCUT2D eigenvalue weighted by Gasteiger charge is 2.16. The number of carbonyl (C=O) groups excluding carboxylic acids is 1. The van der Waals surface area contributed by atoms with Crippen molar-refractivity contribution in [1.82, 2.24) is 5.32 Å². The number of methoxy groups -OCH3 is 1. The van der Waals surface area contributed by atoms with Gasteiger partial charge in [-0.05, 0) is 31.9 Å². The maximum absolute atomic E-state index is 11.3. The average molecular weight is 295 g/mol. The summed E-state index contributed by atoms with van der Waals surface area (Å²) in [5.74, 6) is 0.516. The zero-order valence-corrected chi connectivity index (χ0v) is 12.9. The molecule has 1 unspecified atom stereocenters. The Morgan fingerprint density at radius 3 is 2.86 bits per heavy atom. The Balaban J connectivity index is 1.67. The third kappa shape index (κ3) is 4.86. The van der Waals surface area contributed by atoms with E-state index < -0.39 is 5.97 Å². The molecule has 21 heavy (non-hydrogen) atoms. The first-order valence-corrected chi connectivity index (χ1v) is 7.73. The molecule has 0 amide bonds. The Labute approximate surface area is 126 Å². The molecule has 0 spiro atoms. The summed E-state index contributed by atoms with van der Waals surface area (Å²) in [7, 11) is 1.34. The number of hydrogen-bond donors (Lipinski definition) is 1. The van der Waals surface area contributed by atoms with Gasteiger partial charge in [-0.15, -0.1) is 0 Å². The van der Waals surface area contributed by atoms with Gasteiger partial charge < -0.3 is 19.2 Å². The first kappa shape index (κ1) is 16.0. The van der Waals surface area contributed by atoms with E-state index in [4.69, 9.17) is 9.15 Å². The number of nitrogens with one attached hydrogen (secondary N) is 1. The van der Waals surface area contributed by atoms with Gasteiger partial charge in [0, 0.05) is 6.54 Å². The lowest BCUT2D eigenvalue weighted by Gasteiger charge is -2.22. The van der Waals surface area contributed by atoms with E-state index in [2.05, 4.69) is 10.1 Å². The third-order valence-electron chi connectivity index (χ3n) is 3.90. The lowest BCUT2D eigenvalue weighted by Crippen LogP contribution is -2.26. The first-order chi connectivity index (χ1) is 10.2. The van der Waals surface area contributed by atoms with Crippen molar-refractivity contribution in [1.29, 1.82) is 0 Å². The van der Waals surface area contributed by atoms with E-state index in [9.17, 15) is 4.79 Å². The maximum Gasteiger partial charge on any atom is 0.373 e. The molecule has 2 rings (SSSR count). The number of carbonyl (C=O) groups is 1. The smallest absolute Gasteiger partial charge is 0.373 e. The highest BCUT2D eigenvalue weighted by molar-refractivity contribution is 5.86. The topological polar surface area (TPSA) is 60.7 Å². The molecule has 5 heteroatoms. The predicted molar refractivity (Wildman–Crippen MR) is 79.3 cm³/mol. The molecule has 1 fully saturated rings. The van der Waals surface area contributed by atoms with Crippen molar-refractivity contribution >= 4 is 5.97 Å². The summed E-state index contributed by atoms with van der Waals surface area (Å²) in [6.07, 6.45) is 6.74. The SMILES string of the molecule is COC(=O)c1ccc(C(C)NCCOC2CCCCC2)o1. The number of rotatable bonds is 7. The van der Waals surface area contributed by atoms with Crippen molar-refractivity contribution in [2.45, 2.75) is 51.2 Å². The van der Waals surface area contributed by atoms with Gasteiger partial charge >= 0.3 is 5.97 Å². The molecule has 1 aromatic rings. The fraction of sp³-hybridized carbons (Fsp3) is 0.688. The van der Waals surface area contributed by atoms with Crippen LogP contribution in [0.2, 0.25) is 0 Å². The fourth-order valence-corrected chi connectivity index (χ4v) is 2.63. The molecule has 0 bridgehead atoms. The van der Waals surface area contributed by atoms with Gasteiger partial charge in [-0.25, -0.2) is 4.79 Å².